The minimum Gasteiger partial charge on any atom is -0.319 e. The van der Waals surface area contributed by atoms with E-state index in [1.807, 2.05) is 6.07 Å². The molecule has 0 heterocycles. The molecule has 1 N–H and O–H groups in total. The number of carbonyl (C=O) groups is 1. The third-order valence-electron chi connectivity index (χ3n) is 2.84. The molecule has 1 amide bonds. The Morgan fingerprint density at radius 2 is 1.77 bits per heavy atom. The van der Waals surface area contributed by atoms with Crippen LogP contribution in [0.25, 0.3) is 6.08 Å². The van der Waals surface area contributed by atoms with E-state index in [9.17, 15) is 9.18 Å². The zero-order chi connectivity index (χ0) is 15.9. The molecule has 4 nitrogen and oxygen atoms in total. The lowest BCUT2D eigenvalue weighted by atomic mass is 10.1. The number of rotatable bonds is 3. The normalized spacial score (nSPS) is 10.4. The van der Waals surface area contributed by atoms with Crippen LogP contribution < -0.4 is 5.32 Å². The van der Waals surface area contributed by atoms with E-state index in [0.717, 1.165) is 0 Å². The van der Waals surface area contributed by atoms with E-state index in [2.05, 4.69) is 5.32 Å². The van der Waals surface area contributed by atoms with Gasteiger partial charge in [0.05, 0.1) is 17.3 Å². The Morgan fingerprint density at radius 3 is 2.36 bits per heavy atom. The van der Waals surface area contributed by atoms with Crippen LogP contribution in [0.5, 0.6) is 0 Å². The van der Waals surface area contributed by atoms with Crippen LogP contribution in [-0.4, -0.2) is 5.91 Å². The summed E-state index contributed by atoms with van der Waals surface area (Å²) in [4.78, 5) is 12.0. The smallest absolute Gasteiger partial charge is 0.266 e. The molecule has 0 aliphatic heterocycles. The van der Waals surface area contributed by atoms with Gasteiger partial charge in [-0.1, -0.05) is 24.3 Å². The summed E-state index contributed by atoms with van der Waals surface area (Å²) >= 11 is 0. The molecular weight excluding hydrogens is 281 g/mol. The molecule has 106 valence electrons. The lowest BCUT2D eigenvalue weighted by Gasteiger charge is -2.05. The number of halogens is 1. The van der Waals surface area contributed by atoms with E-state index in [1.54, 1.807) is 36.4 Å². The van der Waals surface area contributed by atoms with Gasteiger partial charge < -0.3 is 5.32 Å². The molecule has 2 aromatic carbocycles. The Morgan fingerprint density at radius 1 is 1.09 bits per heavy atom. The monoisotopic (exact) mass is 291 g/mol. The maximum absolute atomic E-state index is 13.5. The van der Waals surface area contributed by atoms with Crippen LogP contribution in [0.3, 0.4) is 0 Å². The number of hydrogen-bond donors (Lipinski definition) is 1. The van der Waals surface area contributed by atoms with Crippen molar-refractivity contribution in [3.63, 3.8) is 0 Å². The van der Waals surface area contributed by atoms with Crippen molar-refractivity contribution in [2.24, 2.45) is 0 Å². The SMILES string of the molecule is N#C/C(=C/c1ccc(C#N)cc1)C(=O)Nc1ccccc1F. The summed E-state index contributed by atoms with van der Waals surface area (Å²) in [7, 11) is 0. The summed E-state index contributed by atoms with van der Waals surface area (Å²) in [6.45, 7) is 0. The summed E-state index contributed by atoms with van der Waals surface area (Å²) in [6.07, 6.45) is 1.37. The van der Waals surface area contributed by atoms with Crippen molar-refractivity contribution < 1.29 is 9.18 Å². The molecule has 0 atom stereocenters. The van der Waals surface area contributed by atoms with E-state index >= 15 is 0 Å². The highest BCUT2D eigenvalue weighted by Gasteiger charge is 2.11. The maximum atomic E-state index is 13.5. The van der Waals surface area contributed by atoms with Gasteiger partial charge in [0, 0.05) is 0 Å². The molecule has 0 aliphatic carbocycles. The van der Waals surface area contributed by atoms with Crippen LogP contribution in [0.2, 0.25) is 0 Å². The highest BCUT2D eigenvalue weighted by molar-refractivity contribution is 6.09. The van der Waals surface area contributed by atoms with E-state index in [1.165, 1.54) is 24.3 Å². The van der Waals surface area contributed by atoms with Gasteiger partial charge in [0.1, 0.15) is 17.5 Å². The van der Waals surface area contributed by atoms with Crippen molar-refractivity contribution in [1.82, 2.24) is 0 Å². The predicted octanol–water partition coefficient (Wildman–Crippen LogP) is 3.24. The molecule has 0 unspecified atom stereocenters. The number of anilines is 1. The summed E-state index contributed by atoms with van der Waals surface area (Å²) in [6, 6.07) is 15.9. The average Bonchev–Trinajstić information content (AvgIpc) is 2.55. The molecule has 0 aliphatic rings. The molecule has 2 aromatic rings. The number of nitriles is 2. The Labute approximate surface area is 126 Å². The molecule has 0 spiro atoms. The molecular formula is C17H10FN3O. The van der Waals surface area contributed by atoms with Crippen LogP contribution in [0.1, 0.15) is 11.1 Å². The van der Waals surface area contributed by atoms with Gasteiger partial charge >= 0.3 is 0 Å². The molecule has 0 bridgehead atoms. The van der Waals surface area contributed by atoms with Gasteiger partial charge in [-0.15, -0.1) is 0 Å². The number of hydrogen-bond acceptors (Lipinski definition) is 3. The maximum Gasteiger partial charge on any atom is 0.266 e. The third-order valence-corrected chi connectivity index (χ3v) is 2.84. The van der Waals surface area contributed by atoms with Gasteiger partial charge in [0.15, 0.2) is 0 Å². The number of nitrogens with one attached hydrogen (secondary N) is 1. The standard InChI is InChI=1S/C17H10FN3O/c18-15-3-1-2-4-16(15)21-17(22)14(11-20)9-12-5-7-13(10-19)8-6-12/h1-9H,(H,21,22)/b14-9-. The van der Waals surface area contributed by atoms with Crippen LogP contribution in [0.4, 0.5) is 10.1 Å². The van der Waals surface area contributed by atoms with Gasteiger partial charge in [-0.2, -0.15) is 10.5 Å². The molecule has 0 radical (unpaired) electrons. The minimum atomic E-state index is -0.697. The molecule has 0 saturated carbocycles. The lowest BCUT2D eigenvalue weighted by Crippen LogP contribution is -2.14. The van der Waals surface area contributed by atoms with Crippen molar-refractivity contribution in [3.05, 3.63) is 71.0 Å². The van der Waals surface area contributed by atoms with Crippen molar-refractivity contribution >= 4 is 17.7 Å². The number of benzene rings is 2. The molecule has 5 heteroatoms. The molecule has 0 saturated heterocycles. The Bertz CT molecular complexity index is 811. The van der Waals surface area contributed by atoms with Crippen molar-refractivity contribution in [3.8, 4) is 12.1 Å². The molecule has 22 heavy (non-hydrogen) atoms. The Balaban J connectivity index is 2.22. The van der Waals surface area contributed by atoms with Crippen molar-refractivity contribution in [1.29, 1.82) is 10.5 Å². The highest BCUT2D eigenvalue weighted by atomic mass is 19.1. The number of para-hydroxylation sites is 1. The van der Waals surface area contributed by atoms with E-state index in [0.29, 0.717) is 11.1 Å². The fraction of sp³-hybridized carbons (Fsp3) is 0. The Hall–Kier alpha value is -3.44. The van der Waals surface area contributed by atoms with Gasteiger partial charge in [-0.25, -0.2) is 4.39 Å². The fourth-order valence-corrected chi connectivity index (χ4v) is 1.72. The van der Waals surface area contributed by atoms with Crippen LogP contribution in [-0.2, 0) is 4.79 Å². The highest BCUT2D eigenvalue weighted by Crippen LogP contribution is 2.15. The van der Waals surface area contributed by atoms with Gasteiger partial charge in [0.2, 0.25) is 0 Å². The zero-order valence-corrected chi connectivity index (χ0v) is 11.4. The molecule has 0 fully saturated rings. The van der Waals surface area contributed by atoms with Gasteiger partial charge in [0.25, 0.3) is 5.91 Å². The summed E-state index contributed by atoms with van der Waals surface area (Å²) in [5.41, 5.74) is 0.923. The molecule has 0 aromatic heterocycles. The topological polar surface area (TPSA) is 76.7 Å². The summed E-state index contributed by atoms with van der Waals surface area (Å²) < 4.78 is 13.5. The number of carbonyl (C=O) groups excluding carboxylic acids is 1. The summed E-state index contributed by atoms with van der Waals surface area (Å²) in [5, 5.41) is 20.1. The largest absolute Gasteiger partial charge is 0.319 e. The second kappa shape index (κ2) is 6.83. The van der Waals surface area contributed by atoms with Crippen LogP contribution >= 0.6 is 0 Å². The second-order valence-corrected chi connectivity index (χ2v) is 4.34. The zero-order valence-electron chi connectivity index (χ0n) is 11.4. The van der Waals surface area contributed by atoms with Crippen LogP contribution in [0, 0.1) is 28.5 Å². The second-order valence-electron chi connectivity index (χ2n) is 4.34. The van der Waals surface area contributed by atoms with E-state index in [4.69, 9.17) is 10.5 Å². The first-order valence-electron chi connectivity index (χ1n) is 6.32. The van der Waals surface area contributed by atoms with Crippen LogP contribution in [0.15, 0.2) is 54.1 Å². The third kappa shape index (κ3) is 3.56. The first-order valence-corrected chi connectivity index (χ1v) is 6.32. The van der Waals surface area contributed by atoms with Crippen molar-refractivity contribution in [2.45, 2.75) is 0 Å². The number of amides is 1. The average molecular weight is 291 g/mol. The molecule has 2 rings (SSSR count). The Kier molecular flexibility index (Phi) is 4.64. The van der Waals surface area contributed by atoms with E-state index in [-0.39, 0.29) is 11.3 Å². The lowest BCUT2D eigenvalue weighted by molar-refractivity contribution is -0.112. The van der Waals surface area contributed by atoms with Gasteiger partial charge in [-0.3, -0.25) is 4.79 Å². The van der Waals surface area contributed by atoms with Crippen molar-refractivity contribution in [2.75, 3.05) is 5.32 Å². The van der Waals surface area contributed by atoms with Gasteiger partial charge in [-0.05, 0) is 35.9 Å². The first kappa shape index (κ1) is 15.0. The van der Waals surface area contributed by atoms with E-state index < -0.39 is 11.7 Å². The fourth-order valence-electron chi connectivity index (χ4n) is 1.72. The number of nitrogens with zero attached hydrogens (tertiary/aromatic N) is 2. The first-order chi connectivity index (χ1) is 10.6. The quantitative estimate of drug-likeness (QED) is 0.696. The predicted molar refractivity (Wildman–Crippen MR) is 79.8 cm³/mol. The minimum absolute atomic E-state index is 0.00785. The summed E-state index contributed by atoms with van der Waals surface area (Å²) in [5.74, 6) is -1.27.